The number of rotatable bonds is 3. The summed E-state index contributed by atoms with van der Waals surface area (Å²) in [6.07, 6.45) is 0. The van der Waals surface area contributed by atoms with Crippen molar-refractivity contribution in [3.8, 4) is 0 Å². The van der Waals surface area contributed by atoms with Gasteiger partial charge in [0.2, 0.25) is 0 Å². The lowest BCUT2D eigenvalue weighted by Crippen LogP contribution is -2.38. The molecule has 0 atom stereocenters. The van der Waals surface area contributed by atoms with Crippen LogP contribution in [0.3, 0.4) is 0 Å². The number of hydrogen-bond donors (Lipinski definition) is 0. The Bertz CT molecular complexity index is 523. The molecule has 0 fully saturated rings. The van der Waals surface area contributed by atoms with Crippen LogP contribution in [0.15, 0.2) is 41.8 Å². The summed E-state index contributed by atoms with van der Waals surface area (Å²) in [5.74, 6) is 0.157. The fourth-order valence-corrected chi connectivity index (χ4v) is 5.07. The molecule has 0 aliphatic heterocycles. The molecule has 0 radical (unpaired) electrons. The molecule has 88 valence electrons. The number of thiophene rings is 1. The number of carbonyl (C=O) groups excluding carboxylic acids is 1. The second kappa shape index (κ2) is 4.59. The molecule has 0 N–H and O–H groups in total. The van der Waals surface area contributed by atoms with Crippen LogP contribution in [0.4, 0.5) is 0 Å². The van der Waals surface area contributed by atoms with Crippen LogP contribution in [-0.4, -0.2) is 13.9 Å². The monoisotopic (exact) mass is 260 g/mol. The zero-order chi connectivity index (χ0) is 12.5. The summed E-state index contributed by atoms with van der Waals surface area (Å²) in [5, 5.41) is 2.03. The summed E-state index contributed by atoms with van der Waals surface area (Å²) in [5.41, 5.74) is 1.69. The number of ketones is 1. The molecule has 1 nitrogen and oxygen atoms in total. The van der Waals surface area contributed by atoms with E-state index in [0.29, 0.717) is 0 Å². The quantitative estimate of drug-likeness (QED) is 0.609. The summed E-state index contributed by atoms with van der Waals surface area (Å²) in [4.78, 5) is 12.4. The fraction of sp³-hybridized carbons (Fsp3) is 0.214. The Morgan fingerprint density at radius 3 is 2.29 bits per heavy atom. The van der Waals surface area contributed by atoms with E-state index in [9.17, 15) is 4.79 Å². The van der Waals surface area contributed by atoms with Crippen LogP contribution in [0.5, 0.6) is 0 Å². The van der Waals surface area contributed by atoms with E-state index in [4.69, 9.17) is 0 Å². The molecular weight excluding hydrogens is 244 g/mol. The van der Waals surface area contributed by atoms with Crippen molar-refractivity contribution in [1.29, 1.82) is 0 Å². The minimum absolute atomic E-state index is 0.157. The van der Waals surface area contributed by atoms with E-state index in [0.717, 1.165) is 11.1 Å². The van der Waals surface area contributed by atoms with E-state index >= 15 is 0 Å². The van der Waals surface area contributed by atoms with Crippen LogP contribution in [0.1, 0.15) is 15.9 Å². The Hall–Kier alpha value is -1.19. The summed E-state index contributed by atoms with van der Waals surface area (Å²) >= 11 is 1.72. The molecule has 0 spiro atoms. The average Bonchev–Trinajstić information content (AvgIpc) is 2.78. The maximum atomic E-state index is 12.4. The Labute approximate surface area is 107 Å². The van der Waals surface area contributed by atoms with E-state index in [-0.39, 0.29) is 5.78 Å². The molecule has 0 aliphatic rings. The summed E-state index contributed by atoms with van der Waals surface area (Å²) in [7, 11) is -1.42. The molecule has 0 bridgehead atoms. The average molecular weight is 260 g/mol. The van der Waals surface area contributed by atoms with Gasteiger partial charge in [0, 0.05) is 15.6 Å². The van der Waals surface area contributed by atoms with Crippen molar-refractivity contribution < 1.29 is 4.79 Å². The molecule has 0 aliphatic carbocycles. The SMILES string of the molecule is C[Si](C)(C)c1sccc1C(=O)c1ccccc1. The van der Waals surface area contributed by atoms with Crippen LogP contribution in [0, 0.1) is 0 Å². The highest BCUT2D eigenvalue weighted by atomic mass is 32.1. The lowest BCUT2D eigenvalue weighted by atomic mass is 10.1. The first kappa shape index (κ1) is 12.3. The van der Waals surface area contributed by atoms with Crippen molar-refractivity contribution >= 4 is 29.7 Å². The van der Waals surface area contributed by atoms with Gasteiger partial charge >= 0.3 is 0 Å². The smallest absolute Gasteiger partial charge is 0.193 e. The topological polar surface area (TPSA) is 17.1 Å². The van der Waals surface area contributed by atoms with E-state index in [1.807, 2.05) is 41.8 Å². The van der Waals surface area contributed by atoms with Gasteiger partial charge < -0.3 is 0 Å². The first-order chi connectivity index (χ1) is 8.00. The zero-order valence-corrected chi connectivity index (χ0v) is 12.2. The standard InChI is InChI=1S/C14H16OSSi/c1-17(2,3)14-12(9-10-16-14)13(15)11-7-5-4-6-8-11/h4-10H,1-3H3. The third-order valence-corrected chi connectivity index (χ3v) is 7.18. The first-order valence-corrected chi connectivity index (χ1v) is 10.1. The Balaban J connectivity index is 2.43. The lowest BCUT2D eigenvalue weighted by Gasteiger charge is -2.16. The lowest BCUT2D eigenvalue weighted by molar-refractivity contribution is 0.104. The minimum atomic E-state index is -1.42. The van der Waals surface area contributed by atoms with Crippen LogP contribution < -0.4 is 4.50 Å². The minimum Gasteiger partial charge on any atom is -0.289 e. The van der Waals surface area contributed by atoms with E-state index in [1.165, 1.54) is 4.50 Å². The van der Waals surface area contributed by atoms with Gasteiger partial charge in [-0.15, -0.1) is 0 Å². The van der Waals surface area contributed by atoms with Gasteiger partial charge in [-0.3, -0.25) is 4.79 Å². The van der Waals surface area contributed by atoms with Gasteiger partial charge in [-0.25, -0.2) is 0 Å². The highest BCUT2D eigenvalue weighted by Gasteiger charge is 2.25. The van der Waals surface area contributed by atoms with Crippen molar-refractivity contribution in [2.45, 2.75) is 19.6 Å². The molecule has 0 saturated heterocycles. The second-order valence-electron chi connectivity index (χ2n) is 5.11. The molecular formula is C14H16OSSi. The van der Waals surface area contributed by atoms with E-state index < -0.39 is 8.07 Å². The maximum absolute atomic E-state index is 12.4. The summed E-state index contributed by atoms with van der Waals surface area (Å²) in [6.45, 7) is 6.84. The Morgan fingerprint density at radius 2 is 1.71 bits per heavy atom. The third-order valence-electron chi connectivity index (χ3n) is 2.63. The van der Waals surface area contributed by atoms with Crippen molar-refractivity contribution in [3.05, 3.63) is 52.9 Å². The maximum Gasteiger partial charge on any atom is 0.193 e. The van der Waals surface area contributed by atoms with Crippen LogP contribution in [-0.2, 0) is 0 Å². The molecule has 1 heterocycles. The Morgan fingerprint density at radius 1 is 1.06 bits per heavy atom. The van der Waals surface area contributed by atoms with Crippen molar-refractivity contribution in [3.63, 3.8) is 0 Å². The van der Waals surface area contributed by atoms with Gasteiger partial charge in [0.15, 0.2) is 5.78 Å². The van der Waals surface area contributed by atoms with Crippen molar-refractivity contribution in [2.75, 3.05) is 0 Å². The van der Waals surface area contributed by atoms with Crippen LogP contribution in [0.2, 0.25) is 19.6 Å². The largest absolute Gasteiger partial charge is 0.289 e. The second-order valence-corrected chi connectivity index (χ2v) is 11.4. The third kappa shape index (κ3) is 2.56. The molecule has 0 amide bonds. The molecule has 2 aromatic rings. The van der Waals surface area contributed by atoms with Gasteiger partial charge in [-0.1, -0.05) is 50.0 Å². The van der Waals surface area contributed by atoms with Crippen LogP contribution in [0.25, 0.3) is 0 Å². The highest BCUT2D eigenvalue weighted by Crippen LogP contribution is 2.16. The van der Waals surface area contributed by atoms with Gasteiger partial charge in [-0.2, -0.15) is 11.3 Å². The Kier molecular flexibility index (Phi) is 3.31. The van der Waals surface area contributed by atoms with Gasteiger partial charge in [0.25, 0.3) is 0 Å². The van der Waals surface area contributed by atoms with Crippen molar-refractivity contribution in [1.82, 2.24) is 0 Å². The summed E-state index contributed by atoms with van der Waals surface area (Å²) in [6, 6.07) is 11.5. The number of carbonyl (C=O) groups is 1. The zero-order valence-electron chi connectivity index (χ0n) is 10.4. The molecule has 1 aromatic heterocycles. The summed E-state index contributed by atoms with van der Waals surface area (Å²) < 4.78 is 1.30. The predicted molar refractivity (Wildman–Crippen MR) is 77.2 cm³/mol. The molecule has 3 heteroatoms. The van der Waals surface area contributed by atoms with Gasteiger partial charge in [-0.05, 0) is 11.4 Å². The molecule has 1 aromatic carbocycles. The van der Waals surface area contributed by atoms with Gasteiger partial charge in [0.05, 0.1) is 8.07 Å². The normalized spacial score (nSPS) is 11.5. The molecule has 2 rings (SSSR count). The number of hydrogen-bond acceptors (Lipinski definition) is 2. The predicted octanol–water partition coefficient (Wildman–Crippen LogP) is 3.52. The first-order valence-electron chi connectivity index (χ1n) is 5.68. The number of benzene rings is 1. The molecule has 0 unspecified atom stereocenters. The molecule has 17 heavy (non-hydrogen) atoms. The van der Waals surface area contributed by atoms with Crippen LogP contribution >= 0.6 is 11.3 Å². The van der Waals surface area contributed by atoms with Crippen molar-refractivity contribution in [2.24, 2.45) is 0 Å². The highest BCUT2D eigenvalue weighted by molar-refractivity contribution is 7.25. The molecule has 0 saturated carbocycles. The fourth-order valence-electron chi connectivity index (χ4n) is 1.81. The van der Waals surface area contributed by atoms with E-state index in [2.05, 4.69) is 19.6 Å². The van der Waals surface area contributed by atoms with Gasteiger partial charge in [0.1, 0.15) is 0 Å². The van der Waals surface area contributed by atoms with E-state index in [1.54, 1.807) is 11.3 Å².